The molecular formula is C17H18INO6S. The van der Waals surface area contributed by atoms with Crippen molar-refractivity contribution in [3.63, 3.8) is 0 Å². The van der Waals surface area contributed by atoms with Crippen molar-refractivity contribution in [3.8, 4) is 11.5 Å². The first-order valence-electron chi connectivity index (χ1n) is 7.78. The number of rotatable bonds is 6. The summed E-state index contributed by atoms with van der Waals surface area (Å²) in [7, 11) is 1.42. The molecule has 1 N–H and O–H groups in total. The Kier molecular flexibility index (Phi) is 6.93. The van der Waals surface area contributed by atoms with Crippen LogP contribution >= 0.6 is 34.4 Å². The molecular weight excluding hydrogens is 473 g/mol. The Morgan fingerprint density at radius 2 is 2.12 bits per heavy atom. The largest absolute Gasteiger partial charge is 0.504 e. The van der Waals surface area contributed by atoms with Gasteiger partial charge in [-0.15, -0.1) is 0 Å². The Balaban J connectivity index is 2.19. The SMILES string of the molecule is CC[C@H](C)OC(=O)CN1C(=O)S/C(=C/c2cc(I)c(O)c(OC)c2)C1=O. The second-order valence-electron chi connectivity index (χ2n) is 5.53. The number of halogens is 1. The molecule has 9 heteroatoms. The van der Waals surface area contributed by atoms with Crippen LogP contribution in [0.5, 0.6) is 11.5 Å². The number of carbonyl (C=O) groups excluding carboxylic acids is 3. The summed E-state index contributed by atoms with van der Waals surface area (Å²) in [5.41, 5.74) is 0.594. The molecule has 0 saturated carbocycles. The summed E-state index contributed by atoms with van der Waals surface area (Å²) in [5, 5.41) is 9.35. The number of imide groups is 1. The minimum Gasteiger partial charge on any atom is -0.504 e. The highest BCUT2D eigenvalue weighted by atomic mass is 127. The number of hydrogen-bond donors (Lipinski definition) is 1. The van der Waals surface area contributed by atoms with Crippen LogP contribution in [-0.4, -0.2) is 46.9 Å². The van der Waals surface area contributed by atoms with Gasteiger partial charge in [0.2, 0.25) is 0 Å². The summed E-state index contributed by atoms with van der Waals surface area (Å²) in [6.45, 7) is 3.20. The van der Waals surface area contributed by atoms with Crippen LogP contribution in [0.2, 0.25) is 0 Å². The predicted molar refractivity (Wildman–Crippen MR) is 106 cm³/mol. The molecule has 0 bridgehead atoms. The molecule has 0 unspecified atom stereocenters. The van der Waals surface area contributed by atoms with Gasteiger partial charge in [-0.2, -0.15) is 0 Å². The van der Waals surface area contributed by atoms with Crippen molar-refractivity contribution in [3.05, 3.63) is 26.2 Å². The van der Waals surface area contributed by atoms with Gasteiger partial charge >= 0.3 is 5.97 Å². The highest BCUT2D eigenvalue weighted by molar-refractivity contribution is 14.1. The lowest BCUT2D eigenvalue weighted by atomic mass is 10.2. The molecule has 1 fully saturated rings. The van der Waals surface area contributed by atoms with Crippen LogP contribution in [0.25, 0.3) is 6.08 Å². The lowest BCUT2D eigenvalue weighted by Crippen LogP contribution is -2.35. The fraction of sp³-hybridized carbons (Fsp3) is 0.353. The molecule has 2 amide bonds. The smallest absolute Gasteiger partial charge is 0.326 e. The fourth-order valence-corrected chi connectivity index (χ4v) is 3.56. The molecule has 1 saturated heterocycles. The predicted octanol–water partition coefficient (Wildman–Crippen LogP) is 3.38. The van der Waals surface area contributed by atoms with Crippen molar-refractivity contribution in [1.29, 1.82) is 0 Å². The average molecular weight is 491 g/mol. The van der Waals surface area contributed by atoms with E-state index in [1.54, 1.807) is 19.1 Å². The van der Waals surface area contributed by atoms with Crippen LogP contribution in [0.1, 0.15) is 25.8 Å². The molecule has 0 spiro atoms. The van der Waals surface area contributed by atoms with E-state index in [0.717, 1.165) is 16.7 Å². The maximum absolute atomic E-state index is 12.4. The molecule has 0 aromatic heterocycles. The number of thioether (sulfide) groups is 1. The van der Waals surface area contributed by atoms with Crippen LogP contribution in [0.3, 0.4) is 0 Å². The maximum atomic E-state index is 12.4. The van der Waals surface area contributed by atoms with Gasteiger partial charge in [0.05, 0.1) is 21.7 Å². The Hall–Kier alpha value is -1.75. The zero-order valence-corrected chi connectivity index (χ0v) is 17.4. The summed E-state index contributed by atoms with van der Waals surface area (Å²) in [6, 6.07) is 3.21. The van der Waals surface area contributed by atoms with Crippen molar-refractivity contribution in [2.75, 3.05) is 13.7 Å². The van der Waals surface area contributed by atoms with Crippen LogP contribution in [0.15, 0.2) is 17.0 Å². The second kappa shape index (κ2) is 8.76. The van der Waals surface area contributed by atoms with E-state index in [-0.39, 0.29) is 22.5 Å². The molecule has 1 heterocycles. The van der Waals surface area contributed by atoms with E-state index in [1.165, 1.54) is 13.2 Å². The number of carbonyl (C=O) groups is 3. The van der Waals surface area contributed by atoms with Crippen LogP contribution in [0.4, 0.5) is 4.79 Å². The first kappa shape index (κ1) is 20.6. The number of amides is 2. The van der Waals surface area contributed by atoms with Gasteiger partial charge in [0, 0.05) is 0 Å². The Morgan fingerprint density at radius 1 is 1.42 bits per heavy atom. The van der Waals surface area contributed by atoms with Gasteiger partial charge in [-0.1, -0.05) is 6.92 Å². The van der Waals surface area contributed by atoms with Gasteiger partial charge < -0.3 is 14.6 Å². The standard InChI is InChI=1S/C17H18INO6S/c1-4-9(2)25-14(20)8-19-16(22)13(26-17(19)23)7-10-5-11(18)15(21)12(6-10)24-3/h5-7,9,21H,4,8H2,1-3H3/b13-7+/t9-/m0/s1. The maximum Gasteiger partial charge on any atom is 0.326 e. The Morgan fingerprint density at radius 3 is 2.73 bits per heavy atom. The van der Waals surface area contributed by atoms with E-state index < -0.39 is 23.7 Å². The Labute approximate surface area is 168 Å². The summed E-state index contributed by atoms with van der Waals surface area (Å²) in [4.78, 5) is 37.4. The number of aromatic hydroxyl groups is 1. The van der Waals surface area contributed by atoms with Crippen molar-refractivity contribution in [1.82, 2.24) is 4.90 Å². The van der Waals surface area contributed by atoms with E-state index in [1.807, 2.05) is 29.5 Å². The lowest BCUT2D eigenvalue weighted by molar-refractivity contribution is -0.150. The van der Waals surface area contributed by atoms with Crippen LogP contribution in [-0.2, 0) is 14.3 Å². The topological polar surface area (TPSA) is 93.1 Å². The van der Waals surface area contributed by atoms with Crippen LogP contribution < -0.4 is 4.74 Å². The van der Waals surface area contributed by atoms with Crippen LogP contribution in [0, 0.1) is 3.57 Å². The summed E-state index contributed by atoms with van der Waals surface area (Å²) >= 11 is 2.69. The molecule has 1 aliphatic heterocycles. The third kappa shape index (κ3) is 4.70. The first-order valence-corrected chi connectivity index (χ1v) is 9.67. The molecule has 0 radical (unpaired) electrons. The van der Waals surface area contributed by atoms with Gasteiger partial charge in [0.15, 0.2) is 11.5 Å². The number of phenolic OH excluding ortho intramolecular Hbond substituents is 1. The Bertz CT molecular complexity index is 779. The average Bonchev–Trinajstić information content (AvgIpc) is 2.85. The highest BCUT2D eigenvalue weighted by Crippen LogP contribution is 2.36. The first-order chi connectivity index (χ1) is 12.3. The van der Waals surface area contributed by atoms with Gasteiger partial charge in [-0.05, 0) is 71.5 Å². The number of esters is 1. The summed E-state index contributed by atoms with van der Waals surface area (Å²) in [6.07, 6.45) is 1.90. The van der Waals surface area contributed by atoms with Gasteiger partial charge in [0.25, 0.3) is 11.1 Å². The third-order valence-electron chi connectivity index (χ3n) is 3.64. The second-order valence-corrected chi connectivity index (χ2v) is 7.69. The number of nitrogens with zero attached hydrogens (tertiary/aromatic N) is 1. The molecule has 1 atom stereocenters. The molecule has 2 rings (SSSR count). The molecule has 1 aromatic rings. The van der Waals surface area contributed by atoms with E-state index in [9.17, 15) is 19.5 Å². The van der Waals surface area contributed by atoms with Crippen molar-refractivity contribution in [2.24, 2.45) is 0 Å². The molecule has 1 aliphatic rings. The van der Waals surface area contributed by atoms with E-state index in [4.69, 9.17) is 9.47 Å². The van der Waals surface area contributed by atoms with Crippen molar-refractivity contribution < 1.29 is 29.0 Å². The number of hydrogen-bond acceptors (Lipinski definition) is 7. The minimum atomic E-state index is -0.622. The minimum absolute atomic E-state index is 0.00569. The summed E-state index contributed by atoms with van der Waals surface area (Å²) in [5.74, 6) is -0.905. The third-order valence-corrected chi connectivity index (χ3v) is 5.37. The van der Waals surface area contributed by atoms with E-state index in [0.29, 0.717) is 15.6 Å². The van der Waals surface area contributed by atoms with Gasteiger partial charge in [0.1, 0.15) is 6.54 Å². The van der Waals surface area contributed by atoms with E-state index >= 15 is 0 Å². The zero-order chi connectivity index (χ0) is 19.4. The zero-order valence-electron chi connectivity index (χ0n) is 14.4. The number of benzene rings is 1. The molecule has 7 nitrogen and oxygen atoms in total. The number of ether oxygens (including phenoxy) is 2. The van der Waals surface area contributed by atoms with Crippen molar-refractivity contribution in [2.45, 2.75) is 26.4 Å². The molecule has 0 aliphatic carbocycles. The molecule has 140 valence electrons. The molecule has 26 heavy (non-hydrogen) atoms. The van der Waals surface area contributed by atoms with Gasteiger partial charge in [-0.25, -0.2) is 0 Å². The highest BCUT2D eigenvalue weighted by Gasteiger charge is 2.36. The normalized spacial score (nSPS) is 16.9. The van der Waals surface area contributed by atoms with E-state index in [2.05, 4.69) is 0 Å². The number of methoxy groups -OCH3 is 1. The quantitative estimate of drug-likeness (QED) is 0.371. The lowest BCUT2D eigenvalue weighted by Gasteiger charge is -2.14. The summed E-state index contributed by atoms with van der Waals surface area (Å²) < 4.78 is 10.7. The monoisotopic (exact) mass is 491 g/mol. The number of phenols is 1. The fourth-order valence-electron chi connectivity index (χ4n) is 2.09. The van der Waals surface area contributed by atoms with Gasteiger partial charge in [-0.3, -0.25) is 19.3 Å². The molecule has 1 aromatic carbocycles. The van der Waals surface area contributed by atoms with Crippen molar-refractivity contribution >= 4 is 57.5 Å².